The molecule has 0 aromatic heterocycles. The highest BCUT2D eigenvalue weighted by molar-refractivity contribution is 4.50. The molecule has 0 amide bonds. The van der Waals surface area contributed by atoms with E-state index in [0.717, 1.165) is 19.3 Å². The third kappa shape index (κ3) is 11.9. The summed E-state index contributed by atoms with van der Waals surface area (Å²) in [7, 11) is 0. The summed E-state index contributed by atoms with van der Waals surface area (Å²) in [5.41, 5.74) is 0. The first kappa shape index (κ1) is 13.9. The van der Waals surface area contributed by atoms with Crippen molar-refractivity contribution >= 4 is 0 Å². The third-order valence-corrected chi connectivity index (χ3v) is 2.53. The van der Waals surface area contributed by atoms with E-state index in [-0.39, 0.29) is 6.10 Å². The number of hydrogen-bond acceptors (Lipinski definition) is 2. The van der Waals surface area contributed by atoms with E-state index in [2.05, 4.69) is 0 Å². The van der Waals surface area contributed by atoms with Crippen LogP contribution in [0.5, 0.6) is 0 Å². The van der Waals surface area contributed by atoms with Gasteiger partial charge in [0.05, 0.1) is 6.10 Å². The molecule has 0 aromatic rings. The molecule has 14 heavy (non-hydrogen) atoms. The van der Waals surface area contributed by atoms with Crippen LogP contribution in [0.2, 0.25) is 0 Å². The summed E-state index contributed by atoms with van der Waals surface area (Å²) in [6.07, 6.45) is 10.5. The van der Waals surface area contributed by atoms with E-state index < -0.39 is 0 Å². The Kier molecular flexibility index (Phi) is 10.9. The largest absolute Gasteiger partial charge is 0.396 e. The van der Waals surface area contributed by atoms with Gasteiger partial charge in [-0.25, -0.2) is 0 Å². The van der Waals surface area contributed by atoms with E-state index in [0.29, 0.717) is 6.61 Å². The Morgan fingerprint density at radius 1 is 0.786 bits per heavy atom. The first-order valence-corrected chi connectivity index (χ1v) is 6.06. The molecule has 0 rings (SSSR count). The van der Waals surface area contributed by atoms with E-state index in [1.54, 1.807) is 0 Å². The maximum absolute atomic E-state index is 9.03. The topological polar surface area (TPSA) is 40.5 Å². The molecule has 0 bridgehead atoms. The van der Waals surface area contributed by atoms with Crippen LogP contribution in [0, 0.1) is 0 Å². The van der Waals surface area contributed by atoms with Gasteiger partial charge in [0.25, 0.3) is 0 Å². The number of aliphatic hydroxyl groups is 2. The van der Waals surface area contributed by atoms with Gasteiger partial charge >= 0.3 is 0 Å². The molecule has 0 aliphatic heterocycles. The second-order valence-electron chi connectivity index (χ2n) is 4.19. The minimum Gasteiger partial charge on any atom is -0.396 e. The average Bonchev–Trinajstić information content (AvgIpc) is 2.15. The Labute approximate surface area is 88.3 Å². The van der Waals surface area contributed by atoms with Crippen molar-refractivity contribution in [1.82, 2.24) is 0 Å². The van der Waals surface area contributed by atoms with Gasteiger partial charge in [-0.05, 0) is 19.8 Å². The van der Waals surface area contributed by atoms with Crippen LogP contribution in [0.25, 0.3) is 0 Å². The molecule has 0 aliphatic rings. The number of hydrogen-bond donors (Lipinski definition) is 2. The number of aliphatic hydroxyl groups excluding tert-OH is 2. The van der Waals surface area contributed by atoms with Gasteiger partial charge in [-0.15, -0.1) is 0 Å². The van der Waals surface area contributed by atoms with E-state index in [9.17, 15) is 0 Å². The van der Waals surface area contributed by atoms with Gasteiger partial charge in [-0.2, -0.15) is 0 Å². The first-order valence-electron chi connectivity index (χ1n) is 6.06. The van der Waals surface area contributed by atoms with Crippen molar-refractivity contribution in [2.75, 3.05) is 6.61 Å². The zero-order valence-electron chi connectivity index (χ0n) is 9.54. The van der Waals surface area contributed by atoms with Crippen LogP contribution in [0.15, 0.2) is 0 Å². The predicted octanol–water partition coefficient (Wildman–Crippen LogP) is 2.87. The Morgan fingerprint density at radius 3 is 1.64 bits per heavy atom. The van der Waals surface area contributed by atoms with Gasteiger partial charge in [0, 0.05) is 6.61 Å². The fourth-order valence-electron chi connectivity index (χ4n) is 1.61. The SMILES string of the molecule is CC(O)CCCCCCCCCCO. The Bertz CT molecular complexity index is 102. The maximum Gasteiger partial charge on any atom is 0.0512 e. The van der Waals surface area contributed by atoms with Crippen molar-refractivity contribution in [2.45, 2.75) is 70.8 Å². The summed E-state index contributed by atoms with van der Waals surface area (Å²) < 4.78 is 0. The molecule has 0 fully saturated rings. The lowest BCUT2D eigenvalue weighted by molar-refractivity contribution is 0.180. The van der Waals surface area contributed by atoms with E-state index in [4.69, 9.17) is 10.2 Å². The van der Waals surface area contributed by atoms with Gasteiger partial charge in [-0.1, -0.05) is 44.9 Å². The smallest absolute Gasteiger partial charge is 0.0512 e. The lowest BCUT2D eigenvalue weighted by Crippen LogP contribution is -1.98. The zero-order chi connectivity index (χ0) is 10.6. The highest BCUT2D eigenvalue weighted by atomic mass is 16.3. The van der Waals surface area contributed by atoms with Crippen molar-refractivity contribution in [3.8, 4) is 0 Å². The van der Waals surface area contributed by atoms with Gasteiger partial charge in [-0.3, -0.25) is 0 Å². The molecule has 0 heterocycles. The molecule has 0 saturated heterocycles. The lowest BCUT2D eigenvalue weighted by atomic mass is 10.1. The summed E-state index contributed by atoms with van der Waals surface area (Å²) in [5.74, 6) is 0. The molecule has 86 valence electrons. The van der Waals surface area contributed by atoms with Gasteiger partial charge in [0.15, 0.2) is 0 Å². The second kappa shape index (κ2) is 11.0. The summed E-state index contributed by atoms with van der Waals surface area (Å²) in [6, 6.07) is 0. The van der Waals surface area contributed by atoms with Gasteiger partial charge in [0.2, 0.25) is 0 Å². The fourth-order valence-corrected chi connectivity index (χ4v) is 1.61. The Hall–Kier alpha value is -0.0800. The molecule has 0 aromatic carbocycles. The average molecular weight is 202 g/mol. The van der Waals surface area contributed by atoms with Crippen LogP contribution in [0.4, 0.5) is 0 Å². The maximum atomic E-state index is 9.03. The fraction of sp³-hybridized carbons (Fsp3) is 1.00. The summed E-state index contributed by atoms with van der Waals surface area (Å²) in [6.45, 7) is 2.20. The van der Waals surface area contributed by atoms with Crippen molar-refractivity contribution in [2.24, 2.45) is 0 Å². The van der Waals surface area contributed by atoms with Crippen LogP contribution >= 0.6 is 0 Å². The molecule has 0 aliphatic carbocycles. The molecular weight excluding hydrogens is 176 g/mol. The zero-order valence-corrected chi connectivity index (χ0v) is 9.54. The van der Waals surface area contributed by atoms with Crippen LogP contribution in [-0.4, -0.2) is 22.9 Å². The number of unbranched alkanes of at least 4 members (excludes halogenated alkanes) is 7. The molecule has 2 nitrogen and oxygen atoms in total. The van der Waals surface area contributed by atoms with Crippen LogP contribution in [-0.2, 0) is 0 Å². The van der Waals surface area contributed by atoms with Crippen LogP contribution < -0.4 is 0 Å². The Morgan fingerprint density at radius 2 is 1.21 bits per heavy atom. The number of rotatable bonds is 10. The summed E-state index contributed by atoms with van der Waals surface area (Å²) in [5, 5.41) is 17.6. The first-order chi connectivity index (χ1) is 6.77. The minimum absolute atomic E-state index is 0.125. The van der Waals surface area contributed by atoms with Gasteiger partial charge in [0.1, 0.15) is 0 Å². The van der Waals surface area contributed by atoms with Crippen LogP contribution in [0.1, 0.15) is 64.7 Å². The third-order valence-electron chi connectivity index (χ3n) is 2.53. The van der Waals surface area contributed by atoms with E-state index >= 15 is 0 Å². The molecule has 2 N–H and O–H groups in total. The molecule has 0 spiro atoms. The van der Waals surface area contributed by atoms with Crippen molar-refractivity contribution < 1.29 is 10.2 Å². The van der Waals surface area contributed by atoms with Crippen molar-refractivity contribution in [1.29, 1.82) is 0 Å². The van der Waals surface area contributed by atoms with Crippen LogP contribution in [0.3, 0.4) is 0 Å². The standard InChI is InChI=1S/C12H26O2/c1-12(14)10-8-6-4-2-3-5-7-9-11-13/h12-14H,2-11H2,1H3. The quantitative estimate of drug-likeness (QED) is 0.535. The minimum atomic E-state index is -0.125. The predicted molar refractivity (Wildman–Crippen MR) is 60.3 cm³/mol. The molecular formula is C12H26O2. The normalized spacial score (nSPS) is 13.1. The summed E-state index contributed by atoms with van der Waals surface area (Å²) in [4.78, 5) is 0. The monoisotopic (exact) mass is 202 g/mol. The molecule has 0 radical (unpaired) electrons. The lowest BCUT2D eigenvalue weighted by Gasteiger charge is -2.03. The van der Waals surface area contributed by atoms with E-state index in [1.165, 1.54) is 38.5 Å². The van der Waals surface area contributed by atoms with E-state index in [1.807, 2.05) is 6.92 Å². The molecule has 1 atom stereocenters. The van der Waals surface area contributed by atoms with Crippen molar-refractivity contribution in [3.05, 3.63) is 0 Å². The van der Waals surface area contributed by atoms with Gasteiger partial charge < -0.3 is 10.2 Å². The molecule has 0 saturated carbocycles. The molecule has 2 heteroatoms. The second-order valence-corrected chi connectivity index (χ2v) is 4.19. The summed E-state index contributed by atoms with van der Waals surface area (Å²) >= 11 is 0. The Balaban J connectivity index is 2.85. The highest BCUT2D eigenvalue weighted by Gasteiger charge is 1.95. The molecule has 1 unspecified atom stereocenters. The van der Waals surface area contributed by atoms with Crippen molar-refractivity contribution in [3.63, 3.8) is 0 Å². The highest BCUT2D eigenvalue weighted by Crippen LogP contribution is 2.10.